The highest BCUT2D eigenvalue weighted by molar-refractivity contribution is 5.97. The minimum atomic E-state index is -0.0857. The molecule has 0 aliphatic rings. The quantitative estimate of drug-likeness (QED) is 0.778. The highest BCUT2D eigenvalue weighted by atomic mass is 16.5. The summed E-state index contributed by atoms with van der Waals surface area (Å²) in [7, 11) is 0. The molecule has 0 heterocycles. The van der Waals surface area contributed by atoms with Crippen LogP contribution in [0.5, 0.6) is 11.5 Å². The van der Waals surface area contributed by atoms with E-state index in [0.717, 1.165) is 22.4 Å². The van der Waals surface area contributed by atoms with Crippen LogP contribution in [0.2, 0.25) is 0 Å². The largest absolute Gasteiger partial charge is 0.456 e. The predicted molar refractivity (Wildman–Crippen MR) is 81.9 cm³/mol. The first-order valence-electron chi connectivity index (χ1n) is 6.73. The zero-order chi connectivity index (χ0) is 15.6. The standard InChI is InChI=1S/C18H17NO2/c1-11-5-6-12(2)18(13(11)3)21-17-9-15(10-19)7-8-16(17)14(4)20/h5-9H,1-4H3. The van der Waals surface area contributed by atoms with Crippen molar-refractivity contribution in [3.63, 3.8) is 0 Å². The molecule has 0 spiro atoms. The molecule has 0 aliphatic heterocycles. The Hall–Kier alpha value is -2.60. The first kappa shape index (κ1) is 14.8. The first-order valence-corrected chi connectivity index (χ1v) is 6.73. The van der Waals surface area contributed by atoms with E-state index in [1.807, 2.05) is 32.9 Å². The van der Waals surface area contributed by atoms with Gasteiger partial charge in [0.25, 0.3) is 0 Å². The molecule has 3 heteroatoms. The number of aryl methyl sites for hydroxylation is 2. The zero-order valence-electron chi connectivity index (χ0n) is 12.7. The molecule has 106 valence electrons. The predicted octanol–water partition coefficient (Wildman–Crippen LogP) is 4.48. The van der Waals surface area contributed by atoms with Gasteiger partial charge in [0.05, 0.1) is 17.2 Å². The second-order valence-electron chi connectivity index (χ2n) is 5.13. The summed E-state index contributed by atoms with van der Waals surface area (Å²) in [6.45, 7) is 7.45. The molecule has 0 amide bonds. The fourth-order valence-electron chi connectivity index (χ4n) is 2.16. The second-order valence-corrected chi connectivity index (χ2v) is 5.13. The van der Waals surface area contributed by atoms with Crippen molar-refractivity contribution in [2.24, 2.45) is 0 Å². The van der Waals surface area contributed by atoms with Crippen LogP contribution in [-0.4, -0.2) is 5.78 Å². The number of benzene rings is 2. The number of nitrogens with zero attached hydrogens (tertiary/aromatic N) is 1. The lowest BCUT2D eigenvalue weighted by Crippen LogP contribution is -2.00. The second kappa shape index (κ2) is 5.80. The van der Waals surface area contributed by atoms with Crippen LogP contribution in [0.3, 0.4) is 0 Å². The van der Waals surface area contributed by atoms with E-state index in [-0.39, 0.29) is 5.78 Å². The highest BCUT2D eigenvalue weighted by Crippen LogP contribution is 2.33. The van der Waals surface area contributed by atoms with E-state index in [0.29, 0.717) is 16.9 Å². The molecular formula is C18H17NO2. The van der Waals surface area contributed by atoms with Gasteiger partial charge in [-0.3, -0.25) is 4.79 Å². The van der Waals surface area contributed by atoms with Crippen LogP contribution in [0.25, 0.3) is 0 Å². The molecule has 0 unspecified atom stereocenters. The molecule has 0 saturated heterocycles. The number of rotatable bonds is 3. The minimum absolute atomic E-state index is 0.0857. The molecule has 21 heavy (non-hydrogen) atoms. The van der Waals surface area contributed by atoms with Crippen LogP contribution in [0.4, 0.5) is 0 Å². The van der Waals surface area contributed by atoms with Gasteiger partial charge in [-0.25, -0.2) is 0 Å². The van der Waals surface area contributed by atoms with Crippen molar-refractivity contribution in [2.75, 3.05) is 0 Å². The summed E-state index contributed by atoms with van der Waals surface area (Å²) in [5.41, 5.74) is 4.10. The van der Waals surface area contributed by atoms with E-state index in [4.69, 9.17) is 10.00 Å². The SMILES string of the molecule is CC(=O)c1ccc(C#N)cc1Oc1c(C)ccc(C)c1C. The van der Waals surface area contributed by atoms with Crippen LogP contribution in [-0.2, 0) is 0 Å². The summed E-state index contributed by atoms with van der Waals surface area (Å²) in [5, 5.41) is 9.02. The van der Waals surface area contributed by atoms with Gasteiger partial charge in [-0.05, 0) is 62.6 Å². The smallest absolute Gasteiger partial charge is 0.163 e. The molecule has 0 N–H and O–H groups in total. The average molecular weight is 279 g/mol. The minimum Gasteiger partial charge on any atom is -0.456 e. The maximum Gasteiger partial charge on any atom is 0.163 e. The average Bonchev–Trinajstić information content (AvgIpc) is 2.47. The lowest BCUT2D eigenvalue weighted by molar-refractivity contribution is 0.101. The van der Waals surface area contributed by atoms with Crippen molar-refractivity contribution in [1.82, 2.24) is 0 Å². The number of carbonyl (C=O) groups is 1. The van der Waals surface area contributed by atoms with Crippen LogP contribution in [0.15, 0.2) is 30.3 Å². The highest BCUT2D eigenvalue weighted by Gasteiger charge is 2.14. The monoisotopic (exact) mass is 279 g/mol. The molecule has 0 aromatic heterocycles. The molecule has 2 aromatic carbocycles. The Morgan fingerprint density at radius 3 is 2.38 bits per heavy atom. The van der Waals surface area contributed by atoms with E-state index < -0.39 is 0 Å². The van der Waals surface area contributed by atoms with Crippen LogP contribution < -0.4 is 4.74 Å². The third-order valence-corrected chi connectivity index (χ3v) is 3.58. The molecule has 2 aromatic rings. The number of ether oxygens (including phenoxy) is 1. The Bertz CT molecular complexity index is 755. The van der Waals surface area contributed by atoms with Gasteiger partial charge in [-0.1, -0.05) is 12.1 Å². The topological polar surface area (TPSA) is 50.1 Å². The summed E-state index contributed by atoms with van der Waals surface area (Å²) in [5.74, 6) is 1.09. The Labute approximate surface area is 124 Å². The van der Waals surface area contributed by atoms with Crippen molar-refractivity contribution in [2.45, 2.75) is 27.7 Å². The molecule has 0 aliphatic carbocycles. The van der Waals surface area contributed by atoms with Crippen molar-refractivity contribution >= 4 is 5.78 Å². The number of hydrogen-bond acceptors (Lipinski definition) is 3. The molecule has 3 nitrogen and oxygen atoms in total. The third-order valence-electron chi connectivity index (χ3n) is 3.58. The van der Waals surface area contributed by atoms with Gasteiger partial charge >= 0.3 is 0 Å². The number of Topliss-reactive ketones (excluding diaryl/α,β-unsaturated/α-hetero) is 1. The van der Waals surface area contributed by atoms with Crippen molar-refractivity contribution < 1.29 is 9.53 Å². The Kier molecular flexibility index (Phi) is 4.09. The van der Waals surface area contributed by atoms with Gasteiger partial charge in [-0.2, -0.15) is 5.26 Å². The summed E-state index contributed by atoms with van der Waals surface area (Å²) in [4.78, 5) is 11.7. The van der Waals surface area contributed by atoms with Crippen molar-refractivity contribution in [3.8, 4) is 17.6 Å². The van der Waals surface area contributed by atoms with Crippen LogP contribution >= 0.6 is 0 Å². The van der Waals surface area contributed by atoms with Gasteiger partial charge in [-0.15, -0.1) is 0 Å². The van der Waals surface area contributed by atoms with E-state index in [9.17, 15) is 4.79 Å². The maximum absolute atomic E-state index is 11.7. The van der Waals surface area contributed by atoms with E-state index in [1.54, 1.807) is 18.2 Å². The lowest BCUT2D eigenvalue weighted by Gasteiger charge is -2.15. The molecule has 0 radical (unpaired) electrons. The van der Waals surface area contributed by atoms with Crippen molar-refractivity contribution in [1.29, 1.82) is 5.26 Å². The van der Waals surface area contributed by atoms with Gasteiger partial charge in [0.15, 0.2) is 5.78 Å². The molecule has 0 saturated carbocycles. The fourth-order valence-corrected chi connectivity index (χ4v) is 2.16. The maximum atomic E-state index is 11.7. The molecule has 0 fully saturated rings. The fraction of sp³-hybridized carbons (Fsp3) is 0.222. The summed E-state index contributed by atoms with van der Waals surface area (Å²) in [6.07, 6.45) is 0. The number of nitriles is 1. The van der Waals surface area contributed by atoms with Gasteiger partial charge in [0, 0.05) is 0 Å². The Morgan fingerprint density at radius 2 is 1.76 bits per heavy atom. The number of ketones is 1. The van der Waals surface area contributed by atoms with Gasteiger partial charge < -0.3 is 4.74 Å². The van der Waals surface area contributed by atoms with E-state index in [1.165, 1.54) is 6.92 Å². The Balaban J connectivity index is 2.56. The summed E-state index contributed by atoms with van der Waals surface area (Å²) >= 11 is 0. The Morgan fingerprint density at radius 1 is 1.10 bits per heavy atom. The van der Waals surface area contributed by atoms with Gasteiger partial charge in [0.1, 0.15) is 11.5 Å². The van der Waals surface area contributed by atoms with Gasteiger partial charge in [0.2, 0.25) is 0 Å². The lowest BCUT2D eigenvalue weighted by atomic mass is 10.0. The molecular weight excluding hydrogens is 262 g/mol. The van der Waals surface area contributed by atoms with E-state index in [2.05, 4.69) is 6.07 Å². The van der Waals surface area contributed by atoms with E-state index >= 15 is 0 Å². The normalized spacial score (nSPS) is 10.0. The van der Waals surface area contributed by atoms with Crippen molar-refractivity contribution in [3.05, 3.63) is 58.1 Å². The van der Waals surface area contributed by atoms with Crippen LogP contribution in [0, 0.1) is 32.1 Å². The third kappa shape index (κ3) is 2.95. The first-order chi connectivity index (χ1) is 9.93. The molecule has 0 bridgehead atoms. The van der Waals surface area contributed by atoms with Crippen LogP contribution in [0.1, 0.15) is 39.5 Å². The molecule has 2 rings (SSSR count). The number of carbonyl (C=O) groups excluding carboxylic acids is 1. The summed E-state index contributed by atoms with van der Waals surface area (Å²) in [6, 6.07) is 11.0. The summed E-state index contributed by atoms with van der Waals surface area (Å²) < 4.78 is 5.98. The molecule has 0 atom stereocenters. The zero-order valence-corrected chi connectivity index (χ0v) is 12.7. The number of hydrogen-bond donors (Lipinski definition) is 0.